The average Bonchev–Trinajstić information content (AvgIpc) is 3.46. The molecule has 0 bridgehead atoms. The lowest BCUT2D eigenvalue weighted by Gasteiger charge is -2.21. The lowest BCUT2D eigenvalue weighted by atomic mass is 9.99. The fourth-order valence-electron chi connectivity index (χ4n) is 9.36. The minimum Gasteiger partial charge on any atom is -0.462 e. The third-order valence-electron chi connectivity index (χ3n) is 15.3. The van der Waals surface area contributed by atoms with Crippen LogP contribution in [-0.4, -0.2) is 96.7 Å². The second-order valence-corrected chi connectivity index (χ2v) is 27.5. The first-order valence-electron chi connectivity index (χ1n) is 33.3. The summed E-state index contributed by atoms with van der Waals surface area (Å²) in [4.78, 5) is 72.2. The van der Waals surface area contributed by atoms with Crippen molar-refractivity contribution in [3.63, 3.8) is 0 Å². The molecule has 0 aliphatic rings. The molecule has 0 aromatic rings. The van der Waals surface area contributed by atoms with Crippen LogP contribution in [0.5, 0.6) is 0 Å². The molecule has 0 aliphatic heterocycles. The zero-order chi connectivity index (χ0) is 61.8. The number of hydrogen-bond acceptors (Lipinski definition) is 15. The summed E-state index contributed by atoms with van der Waals surface area (Å²) in [6, 6.07) is 0. The molecule has 7 atom stereocenters. The molecule has 0 rings (SSSR count). The monoisotopic (exact) mass is 1230 g/mol. The normalized spacial score (nSPS) is 15.1. The van der Waals surface area contributed by atoms with Crippen LogP contribution in [0.25, 0.3) is 0 Å². The van der Waals surface area contributed by atoms with Gasteiger partial charge >= 0.3 is 39.5 Å². The molecule has 3 N–H and O–H groups in total. The summed E-state index contributed by atoms with van der Waals surface area (Å²) >= 11 is 0. The van der Waals surface area contributed by atoms with Gasteiger partial charge in [-0.2, -0.15) is 0 Å². The van der Waals surface area contributed by atoms with Crippen molar-refractivity contribution >= 4 is 39.5 Å². The number of unbranched alkanes of at least 4 members (excludes halogenated alkanes) is 25. The van der Waals surface area contributed by atoms with Gasteiger partial charge in [-0.25, -0.2) is 9.13 Å². The fourth-order valence-corrected chi connectivity index (χ4v) is 10.9. The van der Waals surface area contributed by atoms with Crippen LogP contribution in [0, 0.1) is 23.7 Å². The number of carbonyl (C=O) groups is 4. The molecule has 19 heteroatoms. The lowest BCUT2D eigenvalue weighted by Crippen LogP contribution is -2.30. The molecule has 0 aliphatic carbocycles. The SMILES string of the molecule is CCC(C)CCCCCCCCCCCCC(=O)O[C@H](COC(=O)CCCCCCCCCC(C)C)COP(=O)(O)OC[C@@H](O)COP(=O)(O)OC[C@@H](COC(=O)CCCCCCCCC(C)CC)OC(=O)CCCCCCCCC(C)C. The van der Waals surface area contributed by atoms with Crippen molar-refractivity contribution in [2.45, 2.75) is 324 Å². The van der Waals surface area contributed by atoms with Gasteiger partial charge in [0, 0.05) is 25.7 Å². The minimum absolute atomic E-state index is 0.100. The first-order valence-corrected chi connectivity index (χ1v) is 36.3. The van der Waals surface area contributed by atoms with Crippen molar-refractivity contribution < 1.29 is 80.2 Å². The van der Waals surface area contributed by atoms with E-state index >= 15 is 0 Å². The van der Waals surface area contributed by atoms with E-state index in [2.05, 4.69) is 55.4 Å². The van der Waals surface area contributed by atoms with Crippen molar-refractivity contribution in [2.75, 3.05) is 39.6 Å². The Morgan fingerprint density at radius 2 is 0.578 bits per heavy atom. The number of aliphatic hydroxyl groups excluding tert-OH is 1. The van der Waals surface area contributed by atoms with Crippen molar-refractivity contribution in [1.29, 1.82) is 0 Å². The van der Waals surface area contributed by atoms with Crippen LogP contribution in [0.1, 0.15) is 306 Å². The molecule has 492 valence electrons. The molecule has 0 saturated carbocycles. The first kappa shape index (κ1) is 81.1. The van der Waals surface area contributed by atoms with Crippen molar-refractivity contribution in [2.24, 2.45) is 23.7 Å². The predicted molar refractivity (Wildman–Crippen MR) is 331 cm³/mol. The topological polar surface area (TPSA) is 237 Å². The number of phosphoric ester groups is 2. The van der Waals surface area contributed by atoms with Gasteiger partial charge in [-0.15, -0.1) is 0 Å². The Labute approximate surface area is 505 Å². The highest BCUT2D eigenvalue weighted by Crippen LogP contribution is 2.45. The summed E-state index contributed by atoms with van der Waals surface area (Å²) in [7, 11) is -9.89. The number of ether oxygens (including phenoxy) is 4. The quantitative estimate of drug-likeness (QED) is 0.0222. The summed E-state index contributed by atoms with van der Waals surface area (Å²) in [5.41, 5.74) is 0. The van der Waals surface area contributed by atoms with E-state index in [1.807, 2.05) is 0 Å². The molecule has 0 saturated heterocycles. The maximum absolute atomic E-state index is 13.0. The Kier molecular flexibility index (Phi) is 53.0. The van der Waals surface area contributed by atoms with E-state index in [-0.39, 0.29) is 25.7 Å². The van der Waals surface area contributed by atoms with Crippen LogP contribution in [0.15, 0.2) is 0 Å². The van der Waals surface area contributed by atoms with Crippen LogP contribution < -0.4 is 0 Å². The van der Waals surface area contributed by atoms with Gasteiger partial charge in [-0.1, -0.05) is 254 Å². The van der Waals surface area contributed by atoms with Crippen molar-refractivity contribution in [1.82, 2.24) is 0 Å². The number of carbonyl (C=O) groups excluding carboxylic acids is 4. The third-order valence-corrected chi connectivity index (χ3v) is 17.2. The van der Waals surface area contributed by atoms with E-state index in [0.29, 0.717) is 37.5 Å². The standard InChI is InChI=1S/C64H124O17P2/c1-9-56(7)42-34-26-17-13-11-12-14-18-30-38-46-63(68)80-59(50-74-61(66)44-36-28-19-15-16-24-32-40-54(3)4)52-78-82(70,71)76-48-58(65)49-77-83(72,73)79-53-60(81-64(69)47-39-31-22-20-25-33-41-55(5)6)51-75-62(67)45-37-29-23-21-27-35-43-57(8)10-2/h54-60,65H,9-53H2,1-8H3,(H,70,71)(H,72,73)/t56?,57?,58-,59-,60-/m1/s1. The van der Waals surface area contributed by atoms with Gasteiger partial charge in [0.15, 0.2) is 12.2 Å². The Hall–Kier alpha value is -1.94. The zero-order valence-electron chi connectivity index (χ0n) is 53.8. The molecule has 17 nitrogen and oxygen atoms in total. The molecule has 0 aromatic carbocycles. The number of phosphoric acid groups is 2. The summed E-state index contributed by atoms with van der Waals surface area (Å²) < 4.78 is 68.0. The van der Waals surface area contributed by atoms with Gasteiger partial charge in [-0.05, 0) is 49.4 Å². The molecular formula is C64H124O17P2. The molecule has 0 radical (unpaired) electrons. The molecule has 0 amide bonds. The summed E-state index contributed by atoms with van der Waals surface area (Å²) in [5, 5.41) is 10.5. The van der Waals surface area contributed by atoms with Crippen LogP contribution in [0.4, 0.5) is 0 Å². The highest BCUT2D eigenvalue weighted by molar-refractivity contribution is 7.47. The second kappa shape index (κ2) is 54.2. The van der Waals surface area contributed by atoms with Gasteiger partial charge < -0.3 is 33.8 Å². The lowest BCUT2D eigenvalue weighted by molar-refractivity contribution is -0.161. The van der Waals surface area contributed by atoms with Crippen LogP contribution in [-0.2, 0) is 65.4 Å². The first-order chi connectivity index (χ1) is 39.7. The van der Waals surface area contributed by atoms with Gasteiger partial charge in [0.2, 0.25) is 0 Å². The Morgan fingerprint density at radius 1 is 0.337 bits per heavy atom. The van der Waals surface area contributed by atoms with E-state index in [9.17, 15) is 43.2 Å². The van der Waals surface area contributed by atoms with E-state index < -0.39 is 97.5 Å². The van der Waals surface area contributed by atoms with E-state index in [0.717, 1.165) is 115 Å². The number of rotatable bonds is 61. The van der Waals surface area contributed by atoms with Crippen molar-refractivity contribution in [3.8, 4) is 0 Å². The molecule has 0 heterocycles. The number of hydrogen-bond donors (Lipinski definition) is 3. The van der Waals surface area contributed by atoms with Gasteiger partial charge in [0.25, 0.3) is 0 Å². The van der Waals surface area contributed by atoms with Gasteiger partial charge in [0.05, 0.1) is 26.4 Å². The van der Waals surface area contributed by atoms with Gasteiger partial charge in [-0.3, -0.25) is 37.3 Å². The molecule has 0 fully saturated rings. The highest BCUT2D eigenvalue weighted by atomic mass is 31.2. The maximum Gasteiger partial charge on any atom is 0.472 e. The van der Waals surface area contributed by atoms with E-state index in [4.69, 9.17) is 37.0 Å². The molecule has 0 aromatic heterocycles. The van der Waals surface area contributed by atoms with E-state index in [1.165, 1.54) is 96.3 Å². The molecule has 0 spiro atoms. The predicted octanol–water partition coefficient (Wildman–Crippen LogP) is 17.4. The number of esters is 4. The third kappa shape index (κ3) is 56.3. The van der Waals surface area contributed by atoms with Gasteiger partial charge in [0.1, 0.15) is 19.3 Å². The minimum atomic E-state index is -4.95. The molecular weight excluding hydrogens is 1100 g/mol. The summed E-state index contributed by atoms with van der Waals surface area (Å²) in [5.74, 6) is 0.764. The Balaban J connectivity index is 5.25. The fraction of sp³-hybridized carbons (Fsp3) is 0.938. The van der Waals surface area contributed by atoms with Crippen molar-refractivity contribution in [3.05, 3.63) is 0 Å². The largest absolute Gasteiger partial charge is 0.472 e. The van der Waals surface area contributed by atoms with Crippen LogP contribution in [0.2, 0.25) is 0 Å². The summed E-state index contributed by atoms with van der Waals surface area (Å²) in [6.07, 6.45) is 33.7. The smallest absolute Gasteiger partial charge is 0.462 e. The Morgan fingerprint density at radius 3 is 0.855 bits per heavy atom. The van der Waals surface area contributed by atoms with Crippen LogP contribution in [0.3, 0.4) is 0 Å². The zero-order valence-corrected chi connectivity index (χ0v) is 55.6. The summed E-state index contributed by atoms with van der Waals surface area (Å²) in [6.45, 7) is 13.9. The molecule has 4 unspecified atom stereocenters. The average molecular weight is 1230 g/mol. The van der Waals surface area contributed by atoms with Crippen LogP contribution >= 0.6 is 15.6 Å². The maximum atomic E-state index is 13.0. The van der Waals surface area contributed by atoms with E-state index in [1.54, 1.807) is 0 Å². The molecule has 83 heavy (non-hydrogen) atoms. The Bertz CT molecular complexity index is 1670. The highest BCUT2D eigenvalue weighted by Gasteiger charge is 2.30. The number of aliphatic hydroxyl groups is 1. The second-order valence-electron chi connectivity index (χ2n) is 24.6.